The normalized spacial score (nSPS) is 19.2. The maximum atomic E-state index is 10.9. The number of likely N-dealkylation sites (tertiary alicyclic amines) is 1. The maximum absolute atomic E-state index is 10.9. The summed E-state index contributed by atoms with van der Waals surface area (Å²) in [5.74, 6) is 1.45. The second-order valence-electron chi connectivity index (χ2n) is 5.07. The van der Waals surface area contributed by atoms with E-state index in [0.717, 1.165) is 49.5 Å². The number of hydrogen-bond donors (Lipinski definition) is 1. The summed E-state index contributed by atoms with van der Waals surface area (Å²) in [7, 11) is 3.25. The topological polar surface area (TPSA) is 41.9 Å². The molecule has 106 valence electrons. The van der Waals surface area contributed by atoms with Gasteiger partial charge in [-0.3, -0.25) is 0 Å². The van der Waals surface area contributed by atoms with Crippen molar-refractivity contribution in [2.45, 2.75) is 25.4 Å². The highest BCUT2D eigenvalue weighted by atomic mass is 16.5. The van der Waals surface area contributed by atoms with Gasteiger partial charge in [-0.15, -0.1) is 0 Å². The van der Waals surface area contributed by atoms with Crippen molar-refractivity contribution in [2.75, 3.05) is 33.9 Å². The van der Waals surface area contributed by atoms with Crippen LogP contribution in [-0.2, 0) is 5.60 Å². The summed E-state index contributed by atoms with van der Waals surface area (Å²) in [6, 6.07) is 5.64. The SMILES string of the molecule is CCN1CCC(O)(c2cc(OC)cc(OC)c2)CC1. The number of rotatable bonds is 4. The Morgan fingerprint density at radius 3 is 2.05 bits per heavy atom. The Morgan fingerprint density at radius 2 is 1.63 bits per heavy atom. The Bertz CT molecular complexity index is 403. The minimum absolute atomic E-state index is 0.723. The second-order valence-corrected chi connectivity index (χ2v) is 5.07. The Kier molecular flexibility index (Phi) is 4.32. The third-order valence-electron chi connectivity index (χ3n) is 4.02. The number of hydrogen-bond acceptors (Lipinski definition) is 4. The third-order valence-corrected chi connectivity index (χ3v) is 4.02. The maximum Gasteiger partial charge on any atom is 0.122 e. The van der Waals surface area contributed by atoms with Gasteiger partial charge in [0, 0.05) is 19.2 Å². The molecule has 1 heterocycles. The van der Waals surface area contributed by atoms with E-state index in [1.165, 1.54) is 0 Å². The molecule has 0 radical (unpaired) electrons. The van der Waals surface area contributed by atoms with Crippen LogP contribution < -0.4 is 9.47 Å². The molecule has 1 aliphatic rings. The molecule has 0 unspecified atom stereocenters. The Balaban J connectivity index is 2.25. The van der Waals surface area contributed by atoms with Crippen LogP contribution >= 0.6 is 0 Å². The first-order valence-corrected chi connectivity index (χ1v) is 6.79. The average molecular weight is 265 g/mol. The quantitative estimate of drug-likeness (QED) is 0.904. The van der Waals surface area contributed by atoms with Crippen molar-refractivity contribution in [3.8, 4) is 11.5 Å². The highest BCUT2D eigenvalue weighted by Crippen LogP contribution is 2.36. The average Bonchev–Trinajstić information content (AvgIpc) is 2.47. The van der Waals surface area contributed by atoms with E-state index in [1.54, 1.807) is 14.2 Å². The standard InChI is InChI=1S/C15H23NO3/c1-4-16-7-5-15(17,6-8-16)12-9-13(18-2)11-14(10-12)19-3/h9-11,17H,4-8H2,1-3H3. The van der Waals surface area contributed by atoms with Gasteiger partial charge in [-0.2, -0.15) is 0 Å². The van der Waals surface area contributed by atoms with Gasteiger partial charge in [0.25, 0.3) is 0 Å². The van der Waals surface area contributed by atoms with E-state index in [9.17, 15) is 5.11 Å². The van der Waals surface area contributed by atoms with Crippen LogP contribution in [0.2, 0.25) is 0 Å². The van der Waals surface area contributed by atoms with Gasteiger partial charge >= 0.3 is 0 Å². The lowest BCUT2D eigenvalue weighted by molar-refractivity contribution is -0.0249. The largest absolute Gasteiger partial charge is 0.497 e. The Hall–Kier alpha value is -1.26. The fourth-order valence-corrected chi connectivity index (χ4v) is 2.60. The van der Waals surface area contributed by atoms with E-state index in [-0.39, 0.29) is 0 Å². The van der Waals surface area contributed by atoms with Gasteiger partial charge < -0.3 is 19.5 Å². The number of aliphatic hydroxyl groups is 1. The third kappa shape index (κ3) is 3.01. The van der Waals surface area contributed by atoms with E-state index < -0.39 is 5.60 Å². The smallest absolute Gasteiger partial charge is 0.122 e. The lowest BCUT2D eigenvalue weighted by atomic mass is 9.84. The molecule has 1 N–H and O–H groups in total. The molecule has 0 aliphatic carbocycles. The molecule has 0 amide bonds. The van der Waals surface area contributed by atoms with Crippen molar-refractivity contribution >= 4 is 0 Å². The molecule has 0 bridgehead atoms. The van der Waals surface area contributed by atoms with Gasteiger partial charge in [-0.1, -0.05) is 6.92 Å². The highest BCUT2D eigenvalue weighted by molar-refractivity contribution is 5.41. The molecular weight excluding hydrogens is 242 g/mol. The first-order chi connectivity index (χ1) is 9.11. The number of methoxy groups -OCH3 is 2. The van der Waals surface area contributed by atoms with Crippen LogP contribution in [0, 0.1) is 0 Å². The van der Waals surface area contributed by atoms with Crippen molar-refractivity contribution in [2.24, 2.45) is 0 Å². The monoisotopic (exact) mass is 265 g/mol. The van der Waals surface area contributed by atoms with Gasteiger partial charge in [0.1, 0.15) is 11.5 Å². The molecule has 1 fully saturated rings. The molecule has 4 heteroatoms. The molecule has 2 rings (SSSR count). The summed E-state index contributed by atoms with van der Waals surface area (Å²) in [5.41, 5.74) is 0.118. The van der Waals surface area contributed by atoms with E-state index in [1.807, 2.05) is 18.2 Å². The van der Waals surface area contributed by atoms with Crippen LogP contribution in [0.3, 0.4) is 0 Å². The first kappa shape index (κ1) is 14.2. The molecule has 4 nitrogen and oxygen atoms in total. The van der Waals surface area contributed by atoms with Crippen LogP contribution in [-0.4, -0.2) is 43.9 Å². The van der Waals surface area contributed by atoms with Crippen LogP contribution in [0.1, 0.15) is 25.3 Å². The van der Waals surface area contributed by atoms with Crippen LogP contribution in [0.15, 0.2) is 18.2 Å². The van der Waals surface area contributed by atoms with Gasteiger partial charge in [-0.25, -0.2) is 0 Å². The molecule has 0 saturated carbocycles. The molecule has 0 aromatic heterocycles. The molecular formula is C15H23NO3. The van der Waals surface area contributed by atoms with E-state index in [4.69, 9.17) is 9.47 Å². The molecule has 1 aromatic carbocycles. The Labute approximate surface area is 114 Å². The summed E-state index contributed by atoms with van der Waals surface area (Å²) in [4.78, 5) is 2.35. The summed E-state index contributed by atoms with van der Waals surface area (Å²) in [6.07, 6.45) is 1.49. The number of piperidine rings is 1. The lowest BCUT2D eigenvalue weighted by Gasteiger charge is -2.38. The molecule has 19 heavy (non-hydrogen) atoms. The number of nitrogens with zero attached hydrogens (tertiary/aromatic N) is 1. The Morgan fingerprint density at radius 1 is 1.11 bits per heavy atom. The van der Waals surface area contributed by atoms with E-state index in [0.29, 0.717) is 0 Å². The van der Waals surface area contributed by atoms with Gasteiger partial charge in [0.2, 0.25) is 0 Å². The minimum atomic E-state index is -0.770. The summed E-state index contributed by atoms with van der Waals surface area (Å²) in [5, 5.41) is 10.9. The minimum Gasteiger partial charge on any atom is -0.497 e. The fraction of sp³-hybridized carbons (Fsp3) is 0.600. The molecule has 0 spiro atoms. The van der Waals surface area contributed by atoms with Gasteiger partial charge in [-0.05, 0) is 37.1 Å². The zero-order valence-corrected chi connectivity index (χ0v) is 12.0. The van der Waals surface area contributed by atoms with Crippen molar-refractivity contribution in [1.82, 2.24) is 4.90 Å². The predicted molar refractivity (Wildman–Crippen MR) is 74.8 cm³/mol. The molecule has 1 saturated heterocycles. The van der Waals surface area contributed by atoms with Gasteiger partial charge in [0.05, 0.1) is 19.8 Å². The highest BCUT2D eigenvalue weighted by Gasteiger charge is 2.34. The summed E-state index contributed by atoms with van der Waals surface area (Å²) in [6.45, 7) is 5.04. The van der Waals surface area contributed by atoms with Crippen LogP contribution in [0.25, 0.3) is 0 Å². The van der Waals surface area contributed by atoms with Gasteiger partial charge in [0.15, 0.2) is 0 Å². The zero-order chi connectivity index (χ0) is 13.9. The molecule has 1 aliphatic heterocycles. The van der Waals surface area contributed by atoms with Crippen molar-refractivity contribution in [1.29, 1.82) is 0 Å². The fourth-order valence-electron chi connectivity index (χ4n) is 2.60. The van der Waals surface area contributed by atoms with Crippen molar-refractivity contribution in [3.05, 3.63) is 23.8 Å². The number of ether oxygens (including phenoxy) is 2. The molecule has 0 atom stereocenters. The van der Waals surface area contributed by atoms with Crippen molar-refractivity contribution < 1.29 is 14.6 Å². The summed E-state index contributed by atoms with van der Waals surface area (Å²) < 4.78 is 10.5. The second kappa shape index (κ2) is 5.80. The zero-order valence-electron chi connectivity index (χ0n) is 12.0. The van der Waals surface area contributed by atoms with E-state index in [2.05, 4.69) is 11.8 Å². The molecule has 1 aromatic rings. The van der Waals surface area contributed by atoms with Crippen LogP contribution in [0.5, 0.6) is 11.5 Å². The van der Waals surface area contributed by atoms with Crippen LogP contribution in [0.4, 0.5) is 0 Å². The summed E-state index contributed by atoms with van der Waals surface area (Å²) >= 11 is 0. The van der Waals surface area contributed by atoms with E-state index >= 15 is 0 Å². The first-order valence-electron chi connectivity index (χ1n) is 6.79. The number of benzene rings is 1. The lowest BCUT2D eigenvalue weighted by Crippen LogP contribution is -2.42. The van der Waals surface area contributed by atoms with Crippen molar-refractivity contribution in [3.63, 3.8) is 0 Å². The predicted octanol–water partition coefficient (Wildman–Crippen LogP) is 2.01.